The average Bonchev–Trinajstić information content (AvgIpc) is 2.87. The van der Waals surface area contributed by atoms with E-state index in [1.807, 2.05) is 35.6 Å². The number of nitrogens with one attached hydrogen (secondary N) is 1. The van der Waals surface area contributed by atoms with Crippen molar-refractivity contribution in [3.05, 3.63) is 34.4 Å². The number of rotatable bonds is 5. The first kappa shape index (κ1) is 14.1. The van der Waals surface area contributed by atoms with Gasteiger partial charge in [0.1, 0.15) is 0 Å². The van der Waals surface area contributed by atoms with E-state index in [9.17, 15) is 0 Å². The van der Waals surface area contributed by atoms with Crippen molar-refractivity contribution in [3.63, 3.8) is 0 Å². The van der Waals surface area contributed by atoms with E-state index in [2.05, 4.69) is 29.4 Å². The summed E-state index contributed by atoms with van der Waals surface area (Å²) < 4.78 is 3.77. The van der Waals surface area contributed by atoms with E-state index in [0.29, 0.717) is 12.6 Å². The number of hydrogen-bond acceptors (Lipinski definition) is 3. The van der Waals surface area contributed by atoms with Crippen molar-refractivity contribution in [1.29, 1.82) is 0 Å². The van der Waals surface area contributed by atoms with Crippen LogP contribution in [0.4, 0.5) is 0 Å². The molecule has 0 aliphatic carbocycles. The molecule has 2 rings (SSSR count). The molecule has 2 aromatic heterocycles. The Hall–Kier alpha value is -1.33. The molecule has 0 fully saturated rings. The summed E-state index contributed by atoms with van der Waals surface area (Å²) >= 11 is 6.27. The Bertz CT molecular complexity index is 555. The third-order valence-electron chi connectivity index (χ3n) is 3.06. The Morgan fingerprint density at radius 3 is 2.74 bits per heavy atom. The van der Waals surface area contributed by atoms with Crippen LogP contribution in [0.5, 0.6) is 0 Å². The molecule has 0 aliphatic rings. The molecule has 0 saturated carbocycles. The number of aryl methyl sites for hydroxylation is 2. The van der Waals surface area contributed by atoms with Gasteiger partial charge < -0.3 is 5.32 Å². The molecule has 5 nitrogen and oxygen atoms in total. The van der Waals surface area contributed by atoms with Crippen molar-refractivity contribution in [1.82, 2.24) is 24.9 Å². The van der Waals surface area contributed by atoms with Crippen molar-refractivity contribution in [3.8, 4) is 0 Å². The number of halogens is 1. The van der Waals surface area contributed by atoms with Crippen molar-refractivity contribution in [2.24, 2.45) is 7.05 Å². The smallest absolute Gasteiger partial charge is 0.0866 e. The first-order valence-electron chi connectivity index (χ1n) is 6.41. The van der Waals surface area contributed by atoms with E-state index >= 15 is 0 Å². The van der Waals surface area contributed by atoms with Crippen molar-refractivity contribution in [2.75, 3.05) is 0 Å². The zero-order valence-corrected chi connectivity index (χ0v) is 12.6. The van der Waals surface area contributed by atoms with Crippen LogP contribution >= 0.6 is 11.6 Å². The average molecular weight is 282 g/mol. The number of aromatic nitrogens is 4. The Morgan fingerprint density at radius 1 is 1.42 bits per heavy atom. The predicted octanol–water partition coefficient (Wildman–Crippen LogP) is 2.12. The molecular formula is C13H20ClN5. The highest BCUT2D eigenvalue weighted by atomic mass is 35.5. The summed E-state index contributed by atoms with van der Waals surface area (Å²) in [5.74, 6) is 0. The van der Waals surface area contributed by atoms with Gasteiger partial charge in [-0.05, 0) is 13.0 Å². The minimum atomic E-state index is 0.450. The van der Waals surface area contributed by atoms with Crippen LogP contribution in [0.1, 0.15) is 30.9 Å². The molecule has 2 aromatic rings. The molecule has 0 spiro atoms. The van der Waals surface area contributed by atoms with E-state index in [0.717, 1.165) is 28.6 Å². The maximum atomic E-state index is 6.27. The monoisotopic (exact) mass is 281 g/mol. The zero-order chi connectivity index (χ0) is 14.0. The Kier molecular flexibility index (Phi) is 4.27. The summed E-state index contributed by atoms with van der Waals surface area (Å²) in [6.07, 6.45) is 1.81. The minimum absolute atomic E-state index is 0.450. The summed E-state index contributed by atoms with van der Waals surface area (Å²) in [6.45, 7) is 7.60. The van der Waals surface area contributed by atoms with Gasteiger partial charge in [0, 0.05) is 25.8 Å². The number of nitrogens with zero attached hydrogens (tertiary/aromatic N) is 4. The van der Waals surface area contributed by atoms with Crippen LogP contribution in [-0.4, -0.2) is 25.6 Å². The fourth-order valence-corrected chi connectivity index (χ4v) is 2.17. The normalized spacial score (nSPS) is 11.5. The highest BCUT2D eigenvalue weighted by Crippen LogP contribution is 2.20. The predicted molar refractivity (Wildman–Crippen MR) is 76.3 cm³/mol. The quantitative estimate of drug-likeness (QED) is 0.913. The third kappa shape index (κ3) is 3.16. The van der Waals surface area contributed by atoms with Gasteiger partial charge in [0.05, 0.1) is 28.6 Å². The number of hydrogen-bond donors (Lipinski definition) is 1. The molecule has 0 saturated heterocycles. The highest BCUT2D eigenvalue weighted by Gasteiger charge is 2.13. The van der Waals surface area contributed by atoms with Crippen LogP contribution in [0.15, 0.2) is 12.3 Å². The second-order valence-electron chi connectivity index (χ2n) is 4.99. The zero-order valence-electron chi connectivity index (χ0n) is 11.8. The minimum Gasteiger partial charge on any atom is -0.309 e. The molecule has 0 radical (unpaired) electrons. The molecule has 0 unspecified atom stereocenters. The summed E-state index contributed by atoms with van der Waals surface area (Å²) in [4.78, 5) is 0. The SMILES string of the molecule is Cc1nn(C)c(Cn2nccc2CNC(C)C)c1Cl. The van der Waals surface area contributed by atoms with E-state index in [1.165, 1.54) is 0 Å². The lowest BCUT2D eigenvalue weighted by Gasteiger charge is -2.11. The summed E-state index contributed by atoms with van der Waals surface area (Å²) in [5, 5.41) is 12.8. The van der Waals surface area contributed by atoms with Gasteiger partial charge in [-0.3, -0.25) is 9.36 Å². The van der Waals surface area contributed by atoms with E-state index in [1.54, 1.807) is 0 Å². The fraction of sp³-hybridized carbons (Fsp3) is 0.538. The lowest BCUT2D eigenvalue weighted by molar-refractivity contribution is 0.537. The van der Waals surface area contributed by atoms with Gasteiger partial charge in [-0.15, -0.1) is 0 Å². The van der Waals surface area contributed by atoms with E-state index in [4.69, 9.17) is 11.6 Å². The largest absolute Gasteiger partial charge is 0.309 e. The van der Waals surface area contributed by atoms with Crippen molar-refractivity contribution < 1.29 is 0 Å². The molecule has 0 aliphatic heterocycles. The lowest BCUT2D eigenvalue weighted by Crippen LogP contribution is -2.24. The molecule has 19 heavy (non-hydrogen) atoms. The standard InChI is InChI=1S/C13H20ClN5/c1-9(2)15-7-11-5-6-16-19(11)8-12-13(14)10(3)17-18(12)4/h5-6,9,15H,7-8H2,1-4H3. The topological polar surface area (TPSA) is 47.7 Å². The second kappa shape index (κ2) is 5.75. The molecule has 1 N–H and O–H groups in total. The van der Waals surface area contributed by atoms with Crippen LogP contribution in [0.25, 0.3) is 0 Å². The molecule has 0 atom stereocenters. The van der Waals surface area contributed by atoms with Gasteiger partial charge in [-0.1, -0.05) is 25.4 Å². The molecule has 6 heteroatoms. The highest BCUT2D eigenvalue weighted by molar-refractivity contribution is 6.31. The summed E-state index contributed by atoms with van der Waals surface area (Å²) in [5.41, 5.74) is 2.98. The van der Waals surface area contributed by atoms with Crippen LogP contribution < -0.4 is 5.32 Å². The van der Waals surface area contributed by atoms with Gasteiger partial charge in [0.15, 0.2) is 0 Å². The first-order chi connectivity index (χ1) is 8.99. The van der Waals surface area contributed by atoms with E-state index < -0.39 is 0 Å². The van der Waals surface area contributed by atoms with Gasteiger partial charge in [-0.25, -0.2) is 0 Å². The third-order valence-corrected chi connectivity index (χ3v) is 3.55. The van der Waals surface area contributed by atoms with Crippen molar-refractivity contribution >= 4 is 11.6 Å². The Morgan fingerprint density at radius 2 is 2.16 bits per heavy atom. The molecular weight excluding hydrogens is 262 g/mol. The van der Waals surface area contributed by atoms with Gasteiger partial charge in [0.2, 0.25) is 0 Å². The molecule has 104 valence electrons. The van der Waals surface area contributed by atoms with Gasteiger partial charge in [0.25, 0.3) is 0 Å². The molecule has 0 amide bonds. The lowest BCUT2D eigenvalue weighted by atomic mass is 10.3. The van der Waals surface area contributed by atoms with Gasteiger partial charge >= 0.3 is 0 Å². The Balaban J connectivity index is 2.17. The van der Waals surface area contributed by atoms with Crippen molar-refractivity contribution in [2.45, 2.75) is 39.9 Å². The molecule has 2 heterocycles. The summed E-state index contributed by atoms with van der Waals surface area (Å²) in [7, 11) is 1.91. The fourth-order valence-electron chi connectivity index (χ4n) is 1.96. The molecule has 0 aromatic carbocycles. The molecule has 0 bridgehead atoms. The van der Waals surface area contributed by atoms with Crippen LogP contribution in [0, 0.1) is 6.92 Å². The second-order valence-corrected chi connectivity index (χ2v) is 5.36. The van der Waals surface area contributed by atoms with Crippen LogP contribution in [-0.2, 0) is 20.1 Å². The van der Waals surface area contributed by atoms with Gasteiger partial charge in [-0.2, -0.15) is 10.2 Å². The maximum Gasteiger partial charge on any atom is 0.0866 e. The summed E-state index contributed by atoms with van der Waals surface area (Å²) in [6, 6.07) is 2.47. The van der Waals surface area contributed by atoms with Crippen LogP contribution in [0.2, 0.25) is 5.02 Å². The Labute approximate surface area is 118 Å². The van der Waals surface area contributed by atoms with E-state index in [-0.39, 0.29) is 0 Å². The van der Waals surface area contributed by atoms with Crippen LogP contribution in [0.3, 0.4) is 0 Å². The first-order valence-corrected chi connectivity index (χ1v) is 6.79. The maximum absolute atomic E-state index is 6.27.